The minimum atomic E-state index is -0.697. The molecule has 1 saturated heterocycles. The summed E-state index contributed by atoms with van der Waals surface area (Å²) in [7, 11) is 0. The molecule has 4 N–H and O–H groups in total. The van der Waals surface area contributed by atoms with Gasteiger partial charge < -0.3 is 20.8 Å². The minimum absolute atomic E-state index is 0.0565. The Kier molecular flexibility index (Phi) is 4.26. The normalized spacial score (nSPS) is 24.9. The van der Waals surface area contributed by atoms with E-state index in [0.29, 0.717) is 18.7 Å². The fourth-order valence-electron chi connectivity index (χ4n) is 3.32. The van der Waals surface area contributed by atoms with Gasteiger partial charge in [-0.2, -0.15) is 0 Å². The molecule has 120 valence electrons. The van der Waals surface area contributed by atoms with E-state index in [1.165, 1.54) is 0 Å². The lowest BCUT2D eigenvalue weighted by atomic mass is 9.92. The number of rotatable bonds is 2. The van der Waals surface area contributed by atoms with Crippen molar-refractivity contribution >= 4 is 11.9 Å². The van der Waals surface area contributed by atoms with E-state index in [1.807, 2.05) is 0 Å². The van der Waals surface area contributed by atoms with Crippen molar-refractivity contribution in [2.45, 2.75) is 38.2 Å². The second kappa shape index (κ2) is 6.18. The van der Waals surface area contributed by atoms with Gasteiger partial charge in [0.2, 0.25) is 5.95 Å². The van der Waals surface area contributed by atoms with Crippen LogP contribution in [0.3, 0.4) is 0 Å². The van der Waals surface area contributed by atoms with Crippen LogP contribution in [0.2, 0.25) is 0 Å². The number of hydrogen-bond donors (Lipinski definition) is 3. The van der Waals surface area contributed by atoms with Crippen molar-refractivity contribution in [3.05, 3.63) is 17.0 Å². The van der Waals surface area contributed by atoms with E-state index in [9.17, 15) is 15.0 Å². The van der Waals surface area contributed by atoms with Gasteiger partial charge in [0.05, 0.1) is 6.10 Å². The van der Waals surface area contributed by atoms with Gasteiger partial charge in [0.1, 0.15) is 5.69 Å². The van der Waals surface area contributed by atoms with E-state index in [2.05, 4.69) is 9.97 Å². The van der Waals surface area contributed by atoms with Crippen molar-refractivity contribution in [3.63, 3.8) is 0 Å². The third kappa shape index (κ3) is 2.78. The van der Waals surface area contributed by atoms with E-state index in [-0.39, 0.29) is 30.9 Å². The Bertz CT molecular complexity index is 578. The lowest BCUT2D eigenvalue weighted by molar-refractivity contribution is 0.000600. The number of likely N-dealkylation sites (tertiary alicyclic amines) is 1. The van der Waals surface area contributed by atoms with Gasteiger partial charge in [-0.05, 0) is 32.1 Å². The van der Waals surface area contributed by atoms with Crippen molar-refractivity contribution in [3.8, 4) is 0 Å². The number of carbonyl (C=O) groups excluding carboxylic acids is 1. The highest BCUT2D eigenvalue weighted by molar-refractivity contribution is 5.94. The molecule has 0 bridgehead atoms. The minimum Gasteiger partial charge on any atom is -0.396 e. The zero-order chi connectivity index (χ0) is 15.7. The number of hydrogen-bond acceptors (Lipinski definition) is 6. The van der Waals surface area contributed by atoms with Crippen LogP contribution in [0, 0.1) is 5.92 Å². The van der Waals surface area contributed by atoms with Crippen LogP contribution in [0.25, 0.3) is 0 Å². The number of anilines is 1. The predicted molar refractivity (Wildman–Crippen MR) is 80.2 cm³/mol. The molecule has 1 fully saturated rings. The lowest BCUT2D eigenvalue weighted by Crippen LogP contribution is -2.48. The quantitative estimate of drug-likeness (QED) is 0.695. The van der Waals surface area contributed by atoms with Crippen LogP contribution in [0.15, 0.2) is 0 Å². The van der Waals surface area contributed by atoms with Crippen molar-refractivity contribution in [2.24, 2.45) is 5.92 Å². The Morgan fingerprint density at radius 3 is 2.82 bits per heavy atom. The van der Waals surface area contributed by atoms with Gasteiger partial charge in [-0.25, -0.2) is 9.97 Å². The second-order valence-corrected chi connectivity index (χ2v) is 6.11. The topological polar surface area (TPSA) is 113 Å². The Labute approximate surface area is 129 Å². The van der Waals surface area contributed by atoms with Crippen molar-refractivity contribution in [1.29, 1.82) is 0 Å². The summed E-state index contributed by atoms with van der Waals surface area (Å²) in [5.41, 5.74) is 7.92. The Hall–Kier alpha value is -1.73. The van der Waals surface area contributed by atoms with E-state index < -0.39 is 6.10 Å². The molecule has 0 spiro atoms. The molecule has 7 nitrogen and oxygen atoms in total. The van der Waals surface area contributed by atoms with E-state index in [0.717, 1.165) is 36.9 Å². The molecule has 2 aliphatic rings. The molecule has 0 saturated carbocycles. The highest BCUT2D eigenvalue weighted by atomic mass is 16.3. The van der Waals surface area contributed by atoms with Crippen molar-refractivity contribution in [2.75, 3.05) is 25.4 Å². The fourth-order valence-corrected chi connectivity index (χ4v) is 3.32. The van der Waals surface area contributed by atoms with Crippen LogP contribution in [0.4, 0.5) is 5.95 Å². The summed E-state index contributed by atoms with van der Waals surface area (Å²) in [5.74, 6) is -0.217. The van der Waals surface area contributed by atoms with Gasteiger partial charge >= 0.3 is 0 Å². The Balaban J connectivity index is 1.85. The van der Waals surface area contributed by atoms with Crippen LogP contribution in [0.5, 0.6) is 0 Å². The number of aromatic nitrogens is 2. The Morgan fingerprint density at radius 2 is 2.09 bits per heavy atom. The summed E-state index contributed by atoms with van der Waals surface area (Å²) in [6, 6.07) is 0. The van der Waals surface area contributed by atoms with Crippen LogP contribution in [-0.2, 0) is 12.8 Å². The number of aliphatic hydroxyl groups excluding tert-OH is 2. The number of carbonyl (C=O) groups is 1. The number of fused-ring (bicyclic) bond motifs is 1. The number of nitrogens with zero attached hydrogens (tertiary/aromatic N) is 3. The zero-order valence-electron chi connectivity index (χ0n) is 12.5. The first kappa shape index (κ1) is 15.2. The number of β-amino-alcohol motifs (C(OH)–C–C–N with tert-alkyl or cyclic N) is 1. The predicted octanol–water partition coefficient (Wildman–Crippen LogP) is -0.247. The molecule has 2 heterocycles. The number of amides is 1. The molecule has 1 amide bonds. The summed E-state index contributed by atoms with van der Waals surface area (Å²) in [6.45, 7) is 0.682. The van der Waals surface area contributed by atoms with Crippen LogP contribution in [0.1, 0.15) is 41.0 Å². The summed E-state index contributed by atoms with van der Waals surface area (Å²) >= 11 is 0. The molecule has 1 aromatic rings. The monoisotopic (exact) mass is 306 g/mol. The lowest BCUT2D eigenvalue weighted by Gasteiger charge is -2.35. The van der Waals surface area contributed by atoms with Gasteiger partial charge in [-0.1, -0.05) is 0 Å². The molecular weight excluding hydrogens is 284 g/mol. The van der Waals surface area contributed by atoms with Crippen molar-refractivity contribution in [1.82, 2.24) is 14.9 Å². The maximum absolute atomic E-state index is 12.8. The second-order valence-electron chi connectivity index (χ2n) is 6.11. The summed E-state index contributed by atoms with van der Waals surface area (Å²) in [5, 5.41) is 19.2. The molecule has 1 aromatic heterocycles. The Morgan fingerprint density at radius 1 is 1.32 bits per heavy atom. The maximum atomic E-state index is 12.8. The number of nitrogens with two attached hydrogens (primary N) is 1. The standard InChI is InChI=1S/C15H22N4O3/c16-15-17-11-4-2-1-3-10(11)13(18-15)14(22)19-6-5-9(8-20)12(21)7-19/h9,12,20-21H,1-8H2,(H2,16,17,18)/t9-,12-/m1/s1. The van der Waals surface area contributed by atoms with Gasteiger partial charge in [0.25, 0.3) is 5.91 Å². The first-order valence-electron chi connectivity index (χ1n) is 7.83. The molecule has 0 radical (unpaired) electrons. The highest BCUT2D eigenvalue weighted by Crippen LogP contribution is 2.25. The highest BCUT2D eigenvalue weighted by Gasteiger charge is 2.32. The summed E-state index contributed by atoms with van der Waals surface area (Å²) in [4.78, 5) is 22.8. The fraction of sp³-hybridized carbons (Fsp3) is 0.667. The number of aryl methyl sites for hydroxylation is 1. The molecular formula is C15H22N4O3. The zero-order valence-corrected chi connectivity index (χ0v) is 12.5. The maximum Gasteiger partial charge on any atom is 0.273 e. The first-order valence-corrected chi connectivity index (χ1v) is 7.83. The third-order valence-corrected chi connectivity index (χ3v) is 4.65. The molecule has 0 unspecified atom stereocenters. The summed E-state index contributed by atoms with van der Waals surface area (Å²) in [6.07, 6.45) is 3.60. The molecule has 0 aromatic carbocycles. The smallest absolute Gasteiger partial charge is 0.273 e. The third-order valence-electron chi connectivity index (χ3n) is 4.65. The molecule has 22 heavy (non-hydrogen) atoms. The summed E-state index contributed by atoms with van der Waals surface area (Å²) < 4.78 is 0. The molecule has 3 rings (SSSR count). The van der Waals surface area contributed by atoms with Crippen molar-refractivity contribution < 1.29 is 15.0 Å². The van der Waals surface area contributed by atoms with Crippen LogP contribution < -0.4 is 5.73 Å². The average molecular weight is 306 g/mol. The number of piperidine rings is 1. The van der Waals surface area contributed by atoms with Crippen LogP contribution >= 0.6 is 0 Å². The van der Waals surface area contributed by atoms with E-state index in [1.54, 1.807) is 4.90 Å². The number of aliphatic hydroxyl groups is 2. The first-order chi connectivity index (χ1) is 10.6. The van der Waals surface area contributed by atoms with E-state index in [4.69, 9.17) is 5.73 Å². The largest absolute Gasteiger partial charge is 0.396 e. The van der Waals surface area contributed by atoms with Crippen LogP contribution in [-0.4, -0.2) is 56.8 Å². The van der Waals surface area contributed by atoms with E-state index >= 15 is 0 Å². The molecule has 2 atom stereocenters. The van der Waals surface area contributed by atoms with Gasteiger partial charge in [0.15, 0.2) is 0 Å². The van der Waals surface area contributed by atoms with Gasteiger partial charge in [-0.15, -0.1) is 0 Å². The molecule has 1 aliphatic heterocycles. The molecule has 1 aliphatic carbocycles. The average Bonchev–Trinajstić information content (AvgIpc) is 2.53. The van der Waals surface area contributed by atoms with Gasteiger partial charge in [-0.3, -0.25) is 4.79 Å². The SMILES string of the molecule is Nc1nc2c(c(C(=O)N3CC[C@H](CO)[C@H](O)C3)n1)CCCC2. The van der Waals surface area contributed by atoms with Gasteiger partial charge in [0, 0.05) is 36.9 Å². The molecule has 7 heteroatoms. The number of nitrogen functional groups attached to an aromatic ring is 1.